The summed E-state index contributed by atoms with van der Waals surface area (Å²) in [7, 11) is 0. The van der Waals surface area contributed by atoms with Crippen molar-refractivity contribution >= 4 is 5.91 Å². The maximum Gasteiger partial charge on any atom is 0.249 e. The van der Waals surface area contributed by atoms with Crippen molar-refractivity contribution in [2.24, 2.45) is 0 Å². The van der Waals surface area contributed by atoms with Crippen molar-refractivity contribution < 1.29 is 50.0 Å². The van der Waals surface area contributed by atoms with Gasteiger partial charge in [0.25, 0.3) is 0 Å². The lowest BCUT2D eigenvalue weighted by molar-refractivity contribution is -0.303. The summed E-state index contributed by atoms with van der Waals surface area (Å²) in [5.41, 5.74) is 0. The Bertz CT molecular complexity index is 1090. The van der Waals surface area contributed by atoms with Crippen LogP contribution in [-0.4, -0.2) is 110 Å². The quantitative estimate of drug-likeness (QED) is 0.0216. The second-order valence-electron chi connectivity index (χ2n) is 18.9. The Morgan fingerprint density at radius 3 is 1.39 bits per heavy atom. The normalized spacial score (nSPS) is 21.2. The number of aliphatic hydroxyl groups is 7. The monoisotopic (exact) mass is 912 g/mol. The third-order valence-corrected chi connectivity index (χ3v) is 13.0. The molecule has 11 heteroatoms. The van der Waals surface area contributed by atoms with Crippen molar-refractivity contribution in [2.75, 3.05) is 13.2 Å². The van der Waals surface area contributed by atoms with Crippen molar-refractivity contribution in [1.29, 1.82) is 0 Å². The molecular formula is C53H101NO10. The van der Waals surface area contributed by atoms with E-state index in [1.807, 2.05) is 0 Å². The van der Waals surface area contributed by atoms with E-state index in [9.17, 15) is 40.5 Å². The first-order valence-electron chi connectivity index (χ1n) is 26.7. The lowest BCUT2D eigenvalue weighted by Gasteiger charge is -2.40. The molecule has 0 spiro atoms. The fourth-order valence-corrected chi connectivity index (χ4v) is 8.58. The zero-order chi connectivity index (χ0) is 46.9. The first-order valence-corrected chi connectivity index (χ1v) is 26.7. The fourth-order valence-electron chi connectivity index (χ4n) is 8.58. The Hall–Kier alpha value is -1.41. The number of amides is 1. The number of allylic oxidation sites excluding steroid dienone is 4. The summed E-state index contributed by atoms with van der Waals surface area (Å²) in [6.45, 7) is 3.39. The number of carbonyl (C=O) groups is 1. The van der Waals surface area contributed by atoms with E-state index in [0.717, 1.165) is 38.5 Å². The minimum Gasteiger partial charge on any atom is -0.394 e. The average Bonchev–Trinajstić information content (AvgIpc) is 3.29. The van der Waals surface area contributed by atoms with Crippen LogP contribution in [0.4, 0.5) is 0 Å². The highest BCUT2D eigenvalue weighted by Crippen LogP contribution is 2.23. The van der Waals surface area contributed by atoms with E-state index in [2.05, 4.69) is 43.5 Å². The molecule has 1 rings (SSSR count). The molecule has 0 aromatic rings. The molecule has 1 aliphatic rings. The smallest absolute Gasteiger partial charge is 0.249 e. The summed E-state index contributed by atoms with van der Waals surface area (Å²) in [6.07, 6.45) is 38.6. The topological polar surface area (TPSA) is 189 Å². The van der Waals surface area contributed by atoms with Gasteiger partial charge in [0, 0.05) is 0 Å². The zero-order valence-electron chi connectivity index (χ0n) is 41.0. The molecule has 8 N–H and O–H groups in total. The fraction of sp³-hybridized carbons (Fsp3) is 0.906. The van der Waals surface area contributed by atoms with Gasteiger partial charge in [-0.3, -0.25) is 4.79 Å². The molecule has 1 amide bonds. The van der Waals surface area contributed by atoms with Gasteiger partial charge in [-0.25, -0.2) is 0 Å². The lowest BCUT2D eigenvalue weighted by atomic mass is 9.98. The molecule has 11 nitrogen and oxygen atoms in total. The molecular weight excluding hydrogens is 811 g/mol. The molecule has 1 aliphatic heterocycles. The van der Waals surface area contributed by atoms with Gasteiger partial charge >= 0.3 is 0 Å². The minimum absolute atomic E-state index is 0.248. The zero-order valence-corrected chi connectivity index (χ0v) is 41.0. The maximum atomic E-state index is 13.0. The van der Waals surface area contributed by atoms with E-state index in [4.69, 9.17) is 9.47 Å². The summed E-state index contributed by atoms with van der Waals surface area (Å²) in [4.78, 5) is 13.0. The average molecular weight is 912 g/mol. The van der Waals surface area contributed by atoms with Crippen LogP contribution in [-0.2, 0) is 14.3 Å². The Labute approximate surface area is 391 Å². The third-order valence-electron chi connectivity index (χ3n) is 13.0. The highest BCUT2D eigenvalue weighted by Gasteiger charge is 2.44. The largest absolute Gasteiger partial charge is 0.394 e. The Morgan fingerprint density at radius 1 is 0.531 bits per heavy atom. The SMILES string of the molecule is CCCCCCCCCCCCCCCCCCCCCC/C=C/CC/C=C/CCCC(O)C(O)C(COC1OC(CO)C(O)C(O)C1O)NC(=O)C(O)CCCCCCCCCC. The molecule has 0 saturated carbocycles. The number of ether oxygens (including phenoxy) is 2. The summed E-state index contributed by atoms with van der Waals surface area (Å²) in [6, 6.07) is -1.19. The Morgan fingerprint density at radius 2 is 0.938 bits per heavy atom. The van der Waals surface area contributed by atoms with E-state index in [0.29, 0.717) is 19.3 Å². The van der Waals surface area contributed by atoms with E-state index in [-0.39, 0.29) is 12.8 Å². The number of unbranched alkanes of at least 4 members (excludes halogenated alkanes) is 29. The van der Waals surface area contributed by atoms with Crippen molar-refractivity contribution in [2.45, 2.75) is 294 Å². The van der Waals surface area contributed by atoms with Crippen LogP contribution in [0.1, 0.15) is 239 Å². The van der Waals surface area contributed by atoms with Crippen LogP contribution in [0, 0.1) is 0 Å². The summed E-state index contributed by atoms with van der Waals surface area (Å²) in [5.74, 6) is -0.714. The van der Waals surface area contributed by atoms with E-state index < -0.39 is 74.2 Å². The Balaban J connectivity index is 2.26. The molecule has 64 heavy (non-hydrogen) atoms. The number of nitrogens with one attached hydrogen (secondary N) is 1. The van der Waals surface area contributed by atoms with Crippen molar-refractivity contribution in [3.8, 4) is 0 Å². The molecule has 1 heterocycles. The molecule has 378 valence electrons. The second kappa shape index (κ2) is 42.9. The van der Waals surface area contributed by atoms with Crippen LogP contribution in [0.5, 0.6) is 0 Å². The summed E-state index contributed by atoms with van der Waals surface area (Å²) < 4.78 is 11.1. The molecule has 9 unspecified atom stereocenters. The van der Waals surface area contributed by atoms with Gasteiger partial charge in [-0.2, -0.15) is 0 Å². The molecule has 0 radical (unpaired) electrons. The maximum absolute atomic E-state index is 13.0. The number of hydrogen-bond donors (Lipinski definition) is 8. The van der Waals surface area contributed by atoms with E-state index >= 15 is 0 Å². The van der Waals surface area contributed by atoms with Crippen LogP contribution >= 0.6 is 0 Å². The van der Waals surface area contributed by atoms with Crippen LogP contribution < -0.4 is 5.32 Å². The van der Waals surface area contributed by atoms with Crippen LogP contribution in [0.25, 0.3) is 0 Å². The van der Waals surface area contributed by atoms with E-state index in [1.54, 1.807) is 0 Å². The predicted octanol–water partition coefficient (Wildman–Crippen LogP) is 10.2. The third kappa shape index (κ3) is 31.5. The van der Waals surface area contributed by atoms with E-state index in [1.165, 1.54) is 154 Å². The molecule has 9 atom stereocenters. The minimum atomic E-state index is -1.67. The summed E-state index contributed by atoms with van der Waals surface area (Å²) >= 11 is 0. The van der Waals surface area contributed by atoms with Gasteiger partial charge < -0.3 is 50.5 Å². The molecule has 0 aliphatic carbocycles. The number of carbonyl (C=O) groups excluding carboxylic acids is 1. The molecule has 0 bridgehead atoms. The Kier molecular flexibility index (Phi) is 40.6. The molecule has 1 fully saturated rings. The molecule has 0 aromatic heterocycles. The van der Waals surface area contributed by atoms with Crippen molar-refractivity contribution in [1.82, 2.24) is 5.32 Å². The van der Waals surface area contributed by atoms with Gasteiger partial charge in [-0.1, -0.05) is 212 Å². The number of rotatable bonds is 45. The second-order valence-corrected chi connectivity index (χ2v) is 18.9. The first-order chi connectivity index (χ1) is 31.2. The van der Waals surface area contributed by atoms with Gasteiger partial charge in [0.1, 0.15) is 36.6 Å². The van der Waals surface area contributed by atoms with Crippen LogP contribution in [0.15, 0.2) is 24.3 Å². The lowest BCUT2D eigenvalue weighted by Crippen LogP contribution is -2.60. The van der Waals surface area contributed by atoms with Crippen molar-refractivity contribution in [3.63, 3.8) is 0 Å². The highest BCUT2D eigenvalue weighted by molar-refractivity contribution is 5.80. The summed E-state index contributed by atoms with van der Waals surface area (Å²) in [5, 5.41) is 75.5. The highest BCUT2D eigenvalue weighted by atomic mass is 16.7. The number of hydrogen-bond acceptors (Lipinski definition) is 10. The van der Waals surface area contributed by atoms with Gasteiger partial charge in [0.15, 0.2) is 6.29 Å². The first kappa shape index (κ1) is 60.6. The molecule has 0 aromatic carbocycles. The van der Waals surface area contributed by atoms with Gasteiger partial charge in [-0.15, -0.1) is 0 Å². The molecule has 1 saturated heterocycles. The predicted molar refractivity (Wildman–Crippen MR) is 261 cm³/mol. The van der Waals surface area contributed by atoms with Crippen molar-refractivity contribution in [3.05, 3.63) is 24.3 Å². The number of aliphatic hydroxyl groups excluding tert-OH is 7. The standard InChI is InChI=1S/C53H101NO10/c1-3-5-7-9-11-13-14-15-16-17-18-19-20-21-22-23-24-25-26-27-28-29-30-31-32-33-35-36-38-40-45(56)48(58)44(43-63-53-51(61)50(60)49(59)47(42-55)64-53)54-52(62)46(57)41-39-37-34-12-10-8-6-4-2/h29-30,33,35,44-51,53,55-61H,3-28,31-32,34,36-43H2,1-2H3,(H,54,62)/b30-29+,35-33+. The van der Waals surface area contributed by atoms with Crippen LogP contribution in [0.3, 0.4) is 0 Å². The van der Waals surface area contributed by atoms with Gasteiger partial charge in [0.05, 0.1) is 25.4 Å². The van der Waals surface area contributed by atoms with Gasteiger partial charge in [0.2, 0.25) is 5.91 Å². The van der Waals surface area contributed by atoms with Crippen LogP contribution in [0.2, 0.25) is 0 Å². The van der Waals surface area contributed by atoms with Gasteiger partial charge in [-0.05, 0) is 51.4 Å².